The van der Waals surface area contributed by atoms with Crippen LogP contribution in [0.5, 0.6) is 17.4 Å². The minimum atomic E-state index is -0.316. The zero-order valence-electron chi connectivity index (χ0n) is 24.1. The molecule has 1 unspecified atom stereocenters. The van der Waals surface area contributed by atoms with E-state index in [2.05, 4.69) is 38.3 Å². The van der Waals surface area contributed by atoms with Crippen LogP contribution in [0.15, 0.2) is 66.9 Å². The van der Waals surface area contributed by atoms with Gasteiger partial charge in [-0.25, -0.2) is 4.98 Å². The lowest BCUT2D eigenvalue weighted by Gasteiger charge is -2.29. The summed E-state index contributed by atoms with van der Waals surface area (Å²) in [5, 5.41) is 16.8. The molecule has 0 bridgehead atoms. The lowest BCUT2D eigenvalue weighted by molar-refractivity contribution is -0.128. The molecule has 0 radical (unpaired) electrons. The van der Waals surface area contributed by atoms with Crippen molar-refractivity contribution in [2.24, 2.45) is 5.92 Å². The number of anilines is 2. The smallest absolute Gasteiger partial charge is 0.238 e. The summed E-state index contributed by atoms with van der Waals surface area (Å²) in [6, 6.07) is 19.8. The lowest BCUT2D eigenvalue weighted by atomic mass is 9.99. The van der Waals surface area contributed by atoms with Crippen molar-refractivity contribution >= 4 is 17.3 Å². The molecule has 11 heteroatoms. The van der Waals surface area contributed by atoms with Crippen molar-refractivity contribution in [1.29, 1.82) is 0 Å². The zero-order valence-corrected chi connectivity index (χ0v) is 24.1. The third-order valence-corrected chi connectivity index (χ3v) is 7.55. The maximum Gasteiger partial charge on any atom is 0.238 e. The number of carbonyl (C=O) groups excluding carboxylic acids is 1. The van der Waals surface area contributed by atoms with Crippen molar-refractivity contribution in [3.05, 3.63) is 78.1 Å². The Labute approximate surface area is 250 Å². The van der Waals surface area contributed by atoms with Crippen LogP contribution in [0.1, 0.15) is 24.1 Å². The third kappa shape index (κ3) is 7.07. The predicted molar refractivity (Wildman–Crippen MR) is 162 cm³/mol. The second-order valence-electron chi connectivity index (χ2n) is 10.6. The lowest BCUT2D eigenvalue weighted by Crippen LogP contribution is -2.43. The molecule has 2 aliphatic rings. The predicted octanol–water partition coefficient (Wildman–Crippen LogP) is 4.20. The van der Waals surface area contributed by atoms with Crippen LogP contribution in [0, 0.1) is 5.92 Å². The summed E-state index contributed by atoms with van der Waals surface area (Å²) in [5.41, 5.74) is 5.36. The van der Waals surface area contributed by atoms with E-state index in [-0.39, 0.29) is 17.9 Å². The zero-order chi connectivity index (χ0) is 29.4. The number of H-pyrrole nitrogens is 1. The monoisotopic (exact) mass is 584 g/mol. The van der Waals surface area contributed by atoms with E-state index in [0.29, 0.717) is 49.4 Å². The van der Waals surface area contributed by atoms with Crippen molar-refractivity contribution in [2.45, 2.75) is 32.0 Å². The number of aromatic amines is 1. The van der Waals surface area contributed by atoms with Crippen LogP contribution in [0.2, 0.25) is 0 Å². The molecule has 1 amide bonds. The Kier molecular flexibility index (Phi) is 9.00. The van der Waals surface area contributed by atoms with Gasteiger partial charge in [0.25, 0.3) is 0 Å². The number of nitrogens with one attached hydrogen (secondary N) is 4. The molecule has 2 aromatic heterocycles. The van der Waals surface area contributed by atoms with E-state index in [0.717, 1.165) is 48.6 Å². The van der Waals surface area contributed by atoms with Crippen molar-refractivity contribution in [1.82, 2.24) is 25.8 Å². The van der Waals surface area contributed by atoms with E-state index in [1.54, 1.807) is 13.3 Å². The van der Waals surface area contributed by atoms with Crippen LogP contribution >= 0.6 is 0 Å². The van der Waals surface area contributed by atoms with E-state index < -0.39 is 0 Å². The number of hydrogen-bond donors (Lipinski definition) is 4. The number of benzene rings is 2. The number of hydrogen-bond acceptors (Lipinski definition) is 9. The van der Waals surface area contributed by atoms with Gasteiger partial charge in [0.2, 0.25) is 11.8 Å². The van der Waals surface area contributed by atoms with Crippen molar-refractivity contribution < 1.29 is 23.7 Å². The van der Waals surface area contributed by atoms with Crippen molar-refractivity contribution in [3.8, 4) is 28.6 Å². The molecule has 2 aromatic carbocycles. The summed E-state index contributed by atoms with van der Waals surface area (Å²) in [6.07, 6.45) is 2.92. The molecule has 224 valence electrons. The second-order valence-corrected chi connectivity index (χ2v) is 10.6. The molecule has 4 aromatic rings. The molecule has 2 aliphatic heterocycles. The first kappa shape index (κ1) is 28.5. The molecule has 0 saturated carbocycles. The van der Waals surface area contributed by atoms with Crippen LogP contribution in [0.4, 0.5) is 11.4 Å². The van der Waals surface area contributed by atoms with Crippen LogP contribution in [-0.2, 0) is 22.6 Å². The number of rotatable bonds is 11. The largest absolute Gasteiger partial charge is 0.486 e. The Bertz CT molecular complexity index is 1510. The summed E-state index contributed by atoms with van der Waals surface area (Å²) in [4.78, 5) is 17.4. The van der Waals surface area contributed by atoms with Crippen LogP contribution < -0.4 is 30.2 Å². The van der Waals surface area contributed by atoms with E-state index in [4.69, 9.17) is 23.9 Å². The second kappa shape index (κ2) is 13.6. The first-order valence-electron chi connectivity index (χ1n) is 14.5. The Morgan fingerprint density at radius 1 is 1.05 bits per heavy atom. The minimum Gasteiger partial charge on any atom is -0.486 e. The number of nitrogens with zero attached hydrogens (tertiary/aromatic N) is 2. The third-order valence-electron chi connectivity index (χ3n) is 7.55. The van der Waals surface area contributed by atoms with Gasteiger partial charge >= 0.3 is 0 Å². The quantitative estimate of drug-likeness (QED) is 0.205. The van der Waals surface area contributed by atoms with Crippen LogP contribution in [0.25, 0.3) is 11.3 Å². The van der Waals surface area contributed by atoms with Gasteiger partial charge in [-0.3, -0.25) is 9.89 Å². The summed E-state index contributed by atoms with van der Waals surface area (Å²) < 4.78 is 23.4. The number of fused-ring (bicyclic) bond motifs is 1. The number of para-hydroxylation sites is 1. The highest BCUT2D eigenvalue weighted by molar-refractivity contribution is 5.79. The van der Waals surface area contributed by atoms with Gasteiger partial charge < -0.3 is 34.9 Å². The molecular formula is C32H36N6O5. The van der Waals surface area contributed by atoms with E-state index in [1.165, 1.54) is 5.56 Å². The summed E-state index contributed by atoms with van der Waals surface area (Å²) in [5.74, 6) is 1.73. The maximum atomic E-state index is 12.6. The van der Waals surface area contributed by atoms with E-state index in [1.807, 2.05) is 48.5 Å². The van der Waals surface area contributed by atoms with Gasteiger partial charge in [-0.2, -0.15) is 5.10 Å². The molecule has 1 saturated heterocycles. The summed E-state index contributed by atoms with van der Waals surface area (Å²) in [6.45, 7) is 3.44. The highest BCUT2D eigenvalue weighted by atomic mass is 16.6. The summed E-state index contributed by atoms with van der Waals surface area (Å²) >= 11 is 0. The van der Waals surface area contributed by atoms with Crippen molar-refractivity contribution in [2.75, 3.05) is 38.8 Å². The molecular weight excluding hydrogens is 548 g/mol. The topological polar surface area (TPSA) is 132 Å². The number of methoxy groups -OCH3 is 1. The molecule has 4 N–H and O–H groups in total. The molecule has 0 spiro atoms. The highest BCUT2D eigenvalue weighted by Gasteiger charge is 2.27. The van der Waals surface area contributed by atoms with Gasteiger partial charge in [-0.15, -0.1) is 0 Å². The van der Waals surface area contributed by atoms with Gasteiger partial charge in [0.05, 0.1) is 19.3 Å². The Balaban J connectivity index is 1.10. The Hall–Kier alpha value is -4.61. The first-order valence-corrected chi connectivity index (χ1v) is 14.5. The van der Waals surface area contributed by atoms with Gasteiger partial charge in [0.15, 0.2) is 11.5 Å². The highest BCUT2D eigenvalue weighted by Crippen LogP contribution is 2.41. The fourth-order valence-corrected chi connectivity index (χ4v) is 5.18. The average Bonchev–Trinajstić information content (AvgIpc) is 3.58. The molecule has 1 atom stereocenters. The Morgan fingerprint density at radius 3 is 2.70 bits per heavy atom. The SMILES string of the molecule is COc1nc(-c2cccc3c2OC(CNC(=O)C2CCOCC2)CO3)ccc1Nc1ccc(CNCc2ccn[nH]2)cc1. The van der Waals surface area contributed by atoms with Crippen molar-refractivity contribution in [3.63, 3.8) is 0 Å². The summed E-state index contributed by atoms with van der Waals surface area (Å²) in [7, 11) is 1.60. The van der Waals surface area contributed by atoms with E-state index in [9.17, 15) is 4.79 Å². The van der Waals surface area contributed by atoms with Gasteiger partial charge in [-0.05, 0) is 60.9 Å². The normalized spacial score (nSPS) is 16.4. The standard InChI is InChI=1S/C32H36N6O5/c1-40-32-28(36-23-7-5-21(6-8-23)17-33-18-24-11-14-35-38-24)10-9-27(37-32)26-3-2-4-29-30(26)43-25(20-42-29)19-34-31(39)22-12-15-41-16-13-22/h2-11,14,22,25,33,36H,12-13,15-20H2,1H3,(H,34,39)(H,35,38). The maximum absolute atomic E-state index is 12.6. The number of carbonyl (C=O) groups is 1. The fraction of sp³-hybridized carbons (Fsp3) is 0.344. The van der Waals surface area contributed by atoms with Gasteiger partial charge in [0, 0.05) is 55.4 Å². The average molecular weight is 585 g/mol. The molecule has 0 aliphatic carbocycles. The number of aromatic nitrogens is 3. The molecule has 6 rings (SSSR count). The fourth-order valence-electron chi connectivity index (χ4n) is 5.18. The molecule has 4 heterocycles. The number of pyridine rings is 1. The van der Waals surface area contributed by atoms with Crippen LogP contribution in [0.3, 0.4) is 0 Å². The first-order chi connectivity index (χ1) is 21.2. The van der Waals surface area contributed by atoms with Gasteiger partial charge in [0.1, 0.15) is 18.4 Å². The number of ether oxygens (including phenoxy) is 4. The molecule has 43 heavy (non-hydrogen) atoms. The van der Waals surface area contributed by atoms with Gasteiger partial charge in [-0.1, -0.05) is 18.2 Å². The van der Waals surface area contributed by atoms with E-state index >= 15 is 0 Å². The molecule has 1 fully saturated rings. The Morgan fingerprint density at radius 2 is 1.91 bits per heavy atom. The minimum absolute atomic E-state index is 0.0159. The molecule has 11 nitrogen and oxygen atoms in total. The van der Waals surface area contributed by atoms with Crippen LogP contribution in [-0.4, -0.2) is 60.7 Å². The number of amides is 1.